The molecule has 0 spiro atoms. The summed E-state index contributed by atoms with van der Waals surface area (Å²) in [5, 5.41) is 0. The van der Waals surface area contributed by atoms with Gasteiger partial charge in [-0.15, -0.1) is 0 Å². The van der Waals surface area contributed by atoms with E-state index in [1.54, 1.807) is 31.2 Å². The van der Waals surface area contributed by atoms with Gasteiger partial charge in [-0.1, -0.05) is 18.2 Å². The molecule has 0 saturated heterocycles. The lowest BCUT2D eigenvalue weighted by Gasteiger charge is -2.23. The van der Waals surface area contributed by atoms with Crippen molar-refractivity contribution in [1.29, 1.82) is 0 Å². The first-order valence-corrected chi connectivity index (χ1v) is 9.41. The van der Waals surface area contributed by atoms with Gasteiger partial charge in [0.25, 0.3) is 11.8 Å². The summed E-state index contributed by atoms with van der Waals surface area (Å²) < 4.78 is 37.9. The minimum atomic E-state index is -3.71. The summed E-state index contributed by atoms with van der Waals surface area (Å²) in [6.45, 7) is 1.22. The van der Waals surface area contributed by atoms with Crippen molar-refractivity contribution in [3.63, 3.8) is 0 Å². The van der Waals surface area contributed by atoms with Crippen LogP contribution in [0, 0.1) is 12.7 Å². The van der Waals surface area contributed by atoms with Crippen LogP contribution < -0.4 is 15.2 Å². The van der Waals surface area contributed by atoms with E-state index in [4.69, 9.17) is 0 Å². The molecule has 0 aromatic heterocycles. The maximum Gasteiger partial charge on any atom is 0.269 e. The van der Waals surface area contributed by atoms with Crippen molar-refractivity contribution < 1.29 is 22.4 Å². The Bertz CT molecular complexity index is 914. The molecular formula is C17H18FN3O4S. The van der Waals surface area contributed by atoms with E-state index in [-0.39, 0.29) is 5.56 Å². The molecule has 0 unspecified atom stereocenters. The third-order valence-electron chi connectivity index (χ3n) is 3.49. The van der Waals surface area contributed by atoms with E-state index in [9.17, 15) is 22.4 Å². The van der Waals surface area contributed by atoms with Gasteiger partial charge in [-0.05, 0) is 42.8 Å². The molecule has 0 fully saturated rings. The van der Waals surface area contributed by atoms with Crippen LogP contribution in [-0.4, -0.2) is 33.0 Å². The number of nitrogens with one attached hydrogen (secondary N) is 2. The molecule has 138 valence electrons. The standard InChI is InChI=1S/C17H18FN3O4S/c1-12-5-3-4-6-15(12)21(26(2,24)25)11-16(22)19-20-17(23)13-7-9-14(18)10-8-13/h3-10H,11H2,1-2H3,(H,19,22)(H,20,23). The average molecular weight is 379 g/mol. The monoisotopic (exact) mass is 379 g/mol. The molecule has 2 amide bonds. The Morgan fingerprint density at radius 3 is 2.23 bits per heavy atom. The second-order valence-corrected chi connectivity index (χ2v) is 7.47. The average Bonchev–Trinajstić information content (AvgIpc) is 2.58. The van der Waals surface area contributed by atoms with E-state index < -0.39 is 34.2 Å². The molecule has 2 rings (SSSR count). The van der Waals surface area contributed by atoms with Crippen LogP contribution in [0.25, 0.3) is 0 Å². The van der Waals surface area contributed by atoms with Gasteiger partial charge in [0.1, 0.15) is 12.4 Å². The third kappa shape index (κ3) is 5.03. The minimum absolute atomic E-state index is 0.144. The zero-order valence-corrected chi connectivity index (χ0v) is 15.0. The van der Waals surface area contributed by atoms with Crippen LogP contribution in [0.15, 0.2) is 48.5 Å². The number of carbonyl (C=O) groups is 2. The number of sulfonamides is 1. The number of amides is 2. The quantitative estimate of drug-likeness (QED) is 0.767. The summed E-state index contributed by atoms with van der Waals surface area (Å²) in [6.07, 6.45) is 0.990. The first kappa shape index (κ1) is 19.4. The van der Waals surface area contributed by atoms with Crippen molar-refractivity contribution in [2.24, 2.45) is 0 Å². The largest absolute Gasteiger partial charge is 0.271 e. The van der Waals surface area contributed by atoms with Crippen LogP contribution in [0.5, 0.6) is 0 Å². The molecule has 26 heavy (non-hydrogen) atoms. The Hall–Kier alpha value is -2.94. The predicted octanol–water partition coefficient (Wildman–Crippen LogP) is 1.36. The number of rotatable bonds is 5. The van der Waals surface area contributed by atoms with E-state index >= 15 is 0 Å². The van der Waals surface area contributed by atoms with Gasteiger partial charge in [0.2, 0.25) is 10.0 Å². The smallest absolute Gasteiger partial charge is 0.269 e. The van der Waals surface area contributed by atoms with Crippen molar-refractivity contribution in [3.05, 3.63) is 65.5 Å². The fraction of sp³-hybridized carbons (Fsp3) is 0.176. The van der Waals surface area contributed by atoms with Crippen LogP contribution in [0.1, 0.15) is 15.9 Å². The molecule has 0 bridgehead atoms. The Morgan fingerprint density at radius 2 is 1.65 bits per heavy atom. The molecule has 2 aromatic rings. The molecule has 0 aliphatic heterocycles. The van der Waals surface area contributed by atoms with Crippen molar-refractivity contribution in [3.8, 4) is 0 Å². The highest BCUT2D eigenvalue weighted by atomic mass is 32.2. The molecule has 2 N–H and O–H groups in total. The lowest BCUT2D eigenvalue weighted by atomic mass is 10.2. The molecule has 0 radical (unpaired) electrons. The zero-order chi connectivity index (χ0) is 19.3. The van der Waals surface area contributed by atoms with Gasteiger partial charge in [-0.25, -0.2) is 12.8 Å². The molecule has 0 aliphatic rings. The number of hydrogen-bond acceptors (Lipinski definition) is 4. The number of benzene rings is 2. The van der Waals surface area contributed by atoms with Crippen LogP contribution in [-0.2, 0) is 14.8 Å². The fourth-order valence-corrected chi connectivity index (χ4v) is 3.11. The summed E-state index contributed by atoms with van der Waals surface area (Å²) in [7, 11) is -3.71. The molecule has 0 heterocycles. The summed E-state index contributed by atoms with van der Waals surface area (Å²) in [4.78, 5) is 24.0. The zero-order valence-electron chi connectivity index (χ0n) is 14.2. The van der Waals surface area contributed by atoms with E-state index in [0.29, 0.717) is 11.3 Å². The second kappa shape index (κ2) is 7.96. The first-order valence-electron chi connectivity index (χ1n) is 7.56. The number of carbonyl (C=O) groups excluding carboxylic acids is 2. The Morgan fingerprint density at radius 1 is 1.04 bits per heavy atom. The maximum absolute atomic E-state index is 12.8. The Balaban J connectivity index is 2.05. The van der Waals surface area contributed by atoms with Crippen molar-refractivity contribution in [2.45, 2.75) is 6.92 Å². The number of para-hydroxylation sites is 1. The van der Waals surface area contributed by atoms with Crippen LogP contribution in [0.4, 0.5) is 10.1 Å². The highest BCUT2D eigenvalue weighted by molar-refractivity contribution is 7.92. The highest BCUT2D eigenvalue weighted by Gasteiger charge is 2.22. The second-order valence-electron chi connectivity index (χ2n) is 5.57. The molecule has 0 atom stereocenters. The summed E-state index contributed by atoms with van der Waals surface area (Å²) >= 11 is 0. The number of hydrogen-bond donors (Lipinski definition) is 2. The number of anilines is 1. The van der Waals surface area contributed by atoms with Gasteiger partial charge in [-0.3, -0.25) is 24.7 Å². The molecule has 9 heteroatoms. The van der Waals surface area contributed by atoms with Gasteiger partial charge in [0.05, 0.1) is 11.9 Å². The van der Waals surface area contributed by atoms with Crippen molar-refractivity contribution >= 4 is 27.5 Å². The molecule has 0 saturated carbocycles. The topological polar surface area (TPSA) is 95.6 Å². The van der Waals surface area contributed by atoms with Crippen molar-refractivity contribution in [2.75, 3.05) is 17.1 Å². The van der Waals surface area contributed by atoms with Gasteiger partial charge in [0.15, 0.2) is 0 Å². The molecule has 0 aliphatic carbocycles. The van der Waals surface area contributed by atoms with E-state index in [2.05, 4.69) is 10.9 Å². The van der Waals surface area contributed by atoms with Gasteiger partial charge in [-0.2, -0.15) is 0 Å². The minimum Gasteiger partial charge on any atom is -0.271 e. The van der Waals surface area contributed by atoms with Crippen LogP contribution in [0.2, 0.25) is 0 Å². The highest BCUT2D eigenvalue weighted by Crippen LogP contribution is 2.21. The fourth-order valence-electron chi connectivity index (χ4n) is 2.19. The SMILES string of the molecule is Cc1ccccc1N(CC(=O)NNC(=O)c1ccc(F)cc1)S(C)(=O)=O. The summed E-state index contributed by atoms with van der Waals surface area (Å²) in [5.74, 6) is -1.87. The maximum atomic E-state index is 12.8. The molecular weight excluding hydrogens is 361 g/mol. The number of halogens is 1. The van der Waals surface area contributed by atoms with Gasteiger partial charge < -0.3 is 0 Å². The van der Waals surface area contributed by atoms with Crippen LogP contribution >= 0.6 is 0 Å². The summed E-state index contributed by atoms with van der Waals surface area (Å²) in [6, 6.07) is 11.5. The van der Waals surface area contributed by atoms with Gasteiger partial charge >= 0.3 is 0 Å². The first-order chi connectivity index (χ1) is 12.2. The van der Waals surface area contributed by atoms with E-state index in [0.717, 1.165) is 22.7 Å². The molecule has 2 aromatic carbocycles. The number of nitrogens with zero attached hydrogens (tertiary/aromatic N) is 1. The predicted molar refractivity (Wildman–Crippen MR) is 95.4 cm³/mol. The van der Waals surface area contributed by atoms with Crippen molar-refractivity contribution in [1.82, 2.24) is 10.9 Å². The lowest BCUT2D eigenvalue weighted by molar-refractivity contribution is -0.120. The molecule has 7 nitrogen and oxygen atoms in total. The van der Waals surface area contributed by atoms with Gasteiger partial charge in [0, 0.05) is 5.56 Å². The Kier molecular flexibility index (Phi) is 5.93. The number of hydrazine groups is 1. The normalized spacial score (nSPS) is 10.9. The summed E-state index contributed by atoms with van der Waals surface area (Å²) in [5.41, 5.74) is 5.50. The van der Waals surface area contributed by atoms with E-state index in [1.807, 2.05) is 0 Å². The van der Waals surface area contributed by atoms with E-state index in [1.165, 1.54) is 12.1 Å². The third-order valence-corrected chi connectivity index (χ3v) is 4.62. The number of aryl methyl sites for hydroxylation is 1. The lowest BCUT2D eigenvalue weighted by Crippen LogP contribution is -2.47. The van der Waals surface area contributed by atoms with Crippen LogP contribution in [0.3, 0.4) is 0 Å². The Labute approximate surface area is 150 Å².